The molecule has 5 heteroatoms. The summed E-state index contributed by atoms with van der Waals surface area (Å²) in [5.41, 5.74) is 2.94. The Balaban J connectivity index is 0.000000779. The molecule has 0 aliphatic rings. The van der Waals surface area contributed by atoms with E-state index >= 15 is 0 Å². The van der Waals surface area contributed by atoms with Crippen LogP contribution in [-0.4, -0.2) is 13.0 Å². The summed E-state index contributed by atoms with van der Waals surface area (Å²) in [4.78, 5) is -0.0501. The van der Waals surface area contributed by atoms with Crippen LogP contribution in [0.5, 0.6) is 0 Å². The molecular formula is C28H39NaO3S. The van der Waals surface area contributed by atoms with Crippen LogP contribution in [-0.2, 0) is 16.5 Å². The van der Waals surface area contributed by atoms with Crippen molar-refractivity contribution in [3.8, 4) is 0 Å². The maximum absolute atomic E-state index is 11.2. The van der Waals surface area contributed by atoms with E-state index in [4.69, 9.17) is 0 Å². The topological polar surface area (TPSA) is 57.2 Å². The van der Waals surface area contributed by atoms with Gasteiger partial charge in [0.1, 0.15) is 10.1 Å². The second-order valence-corrected chi connectivity index (χ2v) is 9.38. The summed E-state index contributed by atoms with van der Waals surface area (Å²) in [6.45, 7) is 9.62. The van der Waals surface area contributed by atoms with Crippen LogP contribution in [0, 0.1) is 0 Å². The van der Waals surface area contributed by atoms with Crippen LogP contribution >= 0.6 is 0 Å². The molecule has 0 heterocycles. The predicted molar refractivity (Wildman–Crippen MR) is 137 cm³/mol. The van der Waals surface area contributed by atoms with Gasteiger partial charge in [0.2, 0.25) is 0 Å². The molecule has 0 N–H and O–H groups in total. The summed E-state index contributed by atoms with van der Waals surface area (Å²) in [7, 11) is -4.35. The molecule has 33 heavy (non-hydrogen) atoms. The van der Waals surface area contributed by atoms with Gasteiger partial charge in [0, 0.05) is 0 Å². The zero-order valence-corrected chi connectivity index (χ0v) is 23.4. The fraction of sp³-hybridized carbons (Fsp3) is 0.429. The molecule has 0 radical (unpaired) electrons. The van der Waals surface area contributed by atoms with E-state index in [2.05, 4.69) is 20.1 Å². The molecule has 2 aromatic rings. The van der Waals surface area contributed by atoms with E-state index in [-0.39, 0.29) is 34.5 Å². The smallest absolute Gasteiger partial charge is 0.744 e. The average molecular weight is 479 g/mol. The summed E-state index contributed by atoms with van der Waals surface area (Å²) in [5.74, 6) is 0. The largest absolute Gasteiger partial charge is 1.00 e. The van der Waals surface area contributed by atoms with Crippen molar-refractivity contribution in [1.29, 1.82) is 0 Å². The molecule has 0 amide bonds. The van der Waals surface area contributed by atoms with Crippen molar-refractivity contribution in [1.82, 2.24) is 0 Å². The fourth-order valence-corrected chi connectivity index (χ4v) is 4.38. The number of unbranched alkanes of at least 4 members (excludes halogenated alkanes) is 9. The molecule has 0 unspecified atom stereocenters. The zero-order valence-electron chi connectivity index (χ0n) is 20.6. The van der Waals surface area contributed by atoms with Crippen LogP contribution < -0.4 is 29.6 Å². The fourth-order valence-electron chi connectivity index (χ4n) is 3.64. The van der Waals surface area contributed by atoms with Crippen molar-refractivity contribution in [3.05, 3.63) is 78.4 Å². The Kier molecular flexibility index (Phi) is 18.5. The van der Waals surface area contributed by atoms with E-state index in [1.165, 1.54) is 57.4 Å². The predicted octanol–water partition coefficient (Wildman–Crippen LogP) is 5.03. The van der Waals surface area contributed by atoms with Gasteiger partial charge in [0.15, 0.2) is 0 Å². The second kappa shape index (κ2) is 19.2. The van der Waals surface area contributed by atoms with E-state index in [0.717, 1.165) is 24.0 Å². The molecule has 0 aliphatic carbocycles. The Morgan fingerprint density at radius 2 is 1.15 bits per heavy atom. The van der Waals surface area contributed by atoms with Crippen LogP contribution in [0.25, 0.3) is 12.2 Å². The minimum Gasteiger partial charge on any atom is -0.744 e. The molecule has 2 rings (SSSR count). The number of hydrogen-bond donors (Lipinski definition) is 0. The van der Waals surface area contributed by atoms with Gasteiger partial charge < -0.3 is 4.55 Å². The Morgan fingerprint density at radius 3 is 1.61 bits per heavy atom. The third-order valence-electron chi connectivity index (χ3n) is 5.48. The Hall–Kier alpha value is -1.17. The molecule has 3 nitrogen and oxygen atoms in total. The van der Waals surface area contributed by atoms with Gasteiger partial charge in [-0.05, 0) is 35.6 Å². The first-order valence-corrected chi connectivity index (χ1v) is 13.2. The SMILES string of the molecule is C=Cc1ccccc1C=C.CCCCCCCCCCCCc1ccccc1S(=O)(=O)[O-].[Na+]. The van der Waals surface area contributed by atoms with E-state index < -0.39 is 10.1 Å². The summed E-state index contributed by atoms with van der Waals surface area (Å²) >= 11 is 0. The summed E-state index contributed by atoms with van der Waals surface area (Å²) in [6, 6.07) is 14.6. The van der Waals surface area contributed by atoms with Gasteiger partial charge in [0.05, 0.1) is 4.90 Å². The van der Waals surface area contributed by atoms with Crippen molar-refractivity contribution in [3.63, 3.8) is 0 Å². The van der Waals surface area contributed by atoms with Crippen molar-refractivity contribution in [2.75, 3.05) is 0 Å². The third-order valence-corrected chi connectivity index (χ3v) is 6.41. The molecular weight excluding hydrogens is 439 g/mol. The van der Waals surface area contributed by atoms with Gasteiger partial charge in [-0.1, -0.05) is 132 Å². The minimum absolute atomic E-state index is 0. The van der Waals surface area contributed by atoms with E-state index in [0.29, 0.717) is 12.0 Å². The normalized spacial score (nSPS) is 10.5. The van der Waals surface area contributed by atoms with Crippen molar-refractivity contribution >= 4 is 22.3 Å². The molecule has 176 valence electrons. The minimum atomic E-state index is -4.35. The first-order valence-electron chi connectivity index (χ1n) is 11.8. The Morgan fingerprint density at radius 1 is 0.727 bits per heavy atom. The maximum Gasteiger partial charge on any atom is 1.00 e. The van der Waals surface area contributed by atoms with E-state index in [1.807, 2.05) is 36.4 Å². The quantitative estimate of drug-likeness (QED) is 0.217. The second-order valence-electron chi connectivity index (χ2n) is 8.03. The van der Waals surface area contributed by atoms with Crippen molar-refractivity contribution in [2.45, 2.75) is 82.4 Å². The van der Waals surface area contributed by atoms with Gasteiger partial charge >= 0.3 is 29.6 Å². The molecule has 0 fully saturated rings. The molecule has 0 saturated carbocycles. The Labute approximate surface area is 224 Å². The van der Waals surface area contributed by atoms with Gasteiger partial charge in [-0.15, -0.1) is 0 Å². The summed E-state index contributed by atoms with van der Waals surface area (Å²) < 4.78 is 33.5. The molecule has 0 aromatic heterocycles. The van der Waals surface area contributed by atoms with Crippen LogP contribution in [0.2, 0.25) is 0 Å². The molecule has 0 bridgehead atoms. The third kappa shape index (κ3) is 14.0. The van der Waals surface area contributed by atoms with Crippen molar-refractivity contribution < 1.29 is 42.5 Å². The Bertz CT molecular complexity index is 880. The number of benzene rings is 2. The average Bonchev–Trinajstić information content (AvgIpc) is 2.80. The maximum atomic E-state index is 11.2. The number of hydrogen-bond acceptors (Lipinski definition) is 3. The van der Waals surface area contributed by atoms with Crippen LogP contribution in [0.4, 0.5) is 0 Å². The van der Waals surface area contributed by atoms with Gasteiger partial charge in [-0.2, -0.15) is 0 Å². The van der Waals surface area contributed by atoms with Crippen LogP contribution in [0.1, 0.15) is 87.8 Å². The summed E-state index contributed by atoms with van der Waals surface area (Å²) in [5, 5.41) is 0. The van der Waals surface area contributed by atoms with Gasteiger partial charge in [0.25, 0.3) is 0 Å². The van der Waals surface area contributed by atoms with Crippen LogP contribution in [0.3, 0.4) is 0 Å². The zero-order chi connectivity index (χ0) is 23.7. The molecule has 0 aliphatic heterocycles. The first kappa shape index (κ1) is 31.8. The van der Waals surface area contributed by atoms with Crippen molar-refractivity contribution in [2.24, 2.45) is 0 Å². The van der Waals surface area contributed by atoms with Crippen LogP contribution in [0.15, 0.2) is 66.6 Å². The van der Waals surface area contributed by atoms with E-state index in [1.54, 1.807) is 18.2 Å². The number of aryl methyl sites for hydroxylation is 1. The first-order chi connectivity index (χ1) is 15.4. The number of rotatable bonds is 14. The monoisotopic (exact) mass is 478 g/mol. The summed E-state index contributed by atoms with van der Waals surface area (Å²) in [6.07, 6.45) is 16.8. The van der Waals surface area contributed by atoms with E-state index in [9.17, 15) is 13.0 Å². The molecule has 2 aromatic carbocycles. The van der Waals surface area contributed by atoms with Gasteiger partial charge in [-0.3, -0.25) is 0 Å². The molecule has 0 spiro atoms. The van der Waals surface area contributed by atoms with Gasteiger partial charge in [-0.25, -0.2) is 8.42 Å². The molecule has 0 saturated heterocycles. The molecule has 0 atom stereocenters. The standard InChI is InChI=1S/C18H30O3S.C10H10.Na/c1-2-3-4-5-6-7-8-9-10-11-14-17-15-12-13-16-18(17)22(19,20)21;1-3-9-7-5-6-8-10(9)4-2;/h12-13,15-16H,2-11,14H2,1H3,(H,19,20,21);3-8H,1-2H2;/q;;+1/p-1.